The summed E-state index contributed by atoms with van der Waals surface area (Å²) in [6.45, 7) is 4.83. The average Bonchev–Trinajstić information content (AvgIpc) is 3.32. The number of thiophene rings is 1. The molecule has 0 aromatic carbocycles. The molecule has 1 saturated heterocycles. The normalized spacial score (nSPS) is 18.7. The van der Waals surface area contributed by atoms with Crippen LogP contribution in [-0.4, -0.2) is 52.3 Å². The molecule has 1 aliphatic heterocycles. The van der Waals surface area contributed by atoms with E-state index in [0.717, 1.165) is 19.3 Å². The lowest BCUT2D eigenvalue weighted by molar-refractivity contribution is 0.0938. The first-order valence-electron chi connectivity index (χ1n) is 9.14. The zero-order valence-corrected chi connectivity index (χ0v) is 17.2. The van der Waals surface area contributed by atoms with Crippen molar-refractivity contribution < 1.29 is 13.2 Å². The van der Waals surface area contributed by atoms with Crippen LogP contribution in [-0.2, 0) is 16.6 Å². The highest BCUT2D eigenvalue weighted by molar-refractivity contribution is 7.91. The highest BCUT2D eigenvalue weighted by atomic mass is 32.2. The van der Waals surface area contributed by atoms with Crippen LogP contribution in [0.3, 0.4) is 0 Å². The monoisotopic (exact) mass is 411 g/mol. The van der Waals surface area contributed by atoms with Crippen LogP contribution in [0.1, 0.15) is 50.0 Å². The third-order valence-corrected chi connectivity index (χ3v) is 7.84. The number of aromatic nitrogens is 3. The number of amides is 1. The lowest BCUT2D eigenvalue weighted by Crippen LogP contribution is -2.43. The van der Waals surface area contributed by atoms with Gasteiger partial charge in [0.15, 0.2) is 5.69 Å². The van der Waals surface area contributed by atoms with Gasteiger partial charge in [-0.2, -0.15) is 4.31 Å². The van der Waals surface area contributed by atoms with Gasteiger partial charge in [0.25, 0.3) is 15.9 Å². The van der Waals surface area contributed by atoms with Crippen molar-refractivity contribution in [2.75, 3.05) is 6.54 Å². The second-order valence-electron chi connectivity index (χ2n) is 6.98. The number of nitrogens with one attached hydrogen (secondary N) is 1. The molecule has 27 heavy (non-hydrogen) atoms. The Morgan fingerprint density at radius 2 is 2.22 bits per heavy atom. The van der Waals surface area contributed by atoms with Gasteiger partial charge in [0.1, 0.15) is 4.21 Å². The molecule has 8 nitrogen and oxygen atoms in total. The van der Waals surface area contributed by atoms with Gasteiger partial charge in [-0.25, -0.2) is 8.42 Å². The maximum absolute atomic E-state index is 12.9. The number of rotatable bonds is 7. The van der Waals surface area contributed by atoms with E-state index >= 15 is 0 Å². The Kier molecular flexibility index (Phi) is 6.28. The molecule has 0 saturated carbocycles. The molecule has 0 aliphatic carbocycles. The maximum Gasteiger partial charge on any atom is 0.273 e. The number of carbonyl (C=O) groups is 1. The Bertz CT molecular complexity index is 861. The molecule has 10 heteroatoms. The van der Waals surface area contributed by atoms with Gasteiger partial charge in [-0.1, -0.05) is 17.7 Å². The summed E-state index contributed by atoms with van der Waals surface area (Å²) in [5.41, 5.74) is 0.274. The lowest BCUT2D eigenvalue weighted by Gasteiger charge is -2.34. The number of hydrogen-bond donors (Lipinski definition) is 1. The molecule has 1 aliphatic rings. The van der Waals surface area contributed by atoms with Crippen LogP contribution in [0.25, 0.3) is 0 Å². The minimum absolute atomic E-state index is 0.0286. The molecule has 1 amide bonds. The fraction of sp³-hybridized carbons (Fsp3) is 0.588. The molecule has 0 spiro atoms. The van der Waals surface area contributed by atoms with Crippen LogP contribution in [0, 0.1) is 0 Å². The molecule has 3 rings (SSSR count). The van der Waals surface area contributed by atoms with Gasteiger partial charge < -0.3 is 5.32 Å². The van der Waals surface area contributed by atoms with Gasteiger partial charge >= 0.3 is 0 Å². The van der Waals surface area contributed by atoms with Crippen molar-refractivity contribution in [3.63, 3.8) is 0 Å². The van der Waals surface area contributed by atoms with E-state index in [1.54, 1.807) is 32.7 Å². The summed E-state index contributed by atoms with van der Waals surface area (Å²) < 4.78 is 29.5. The molecule has 1 atom stereocenters. The first-order chi connectivity index (χ1) is 12.9. The molecule has 1 unspecified atom stereocenters. The third-order valence-electron chi connectivity index (χ3n) is 4.51. The predicted octanol–water partition coefficient (Wildman–Crippen LogP) is 2.11. The van der Waals surface area contributed by atoms with Gasteiger partial charge in [0, 0.05) is 25.2 Å². The summed E-state index contributed by atoms with van der Waals surface area (Å²) in [6, 6.07) is 3.38. The van der Waals surface area contributed by atoms with Crippen LogP contribution in [0.5, 0.6) is 0 Å². The Labute approximate surface area is 163 Å². The van der Waals surface area contributed by atoms with Gasteiger partial charge in [-0.3, -0.25) is 9.48 Å². The van der Waals surface area contributed by atoms with Crippen LogP contribution >= 0.6 is 11.3 Å². The fourth-order valence-electron chi connectivity index (χ4n) is 3.23. The van der Waals surface area contributed by atoms with Crippen molar-refractivity contribution in [2.45, 2.75) is 62.4 Å². The Balaban J connectivity index is 1.66. The van der Waals surface area contributed by atoms with Gasteiger partial charge in [0.2, 0.25) is 0 Å². The zero-order valence-electron chi connectivity index (χ0n) is 15.5. The van der Waals surface area contributed by atoms with Gasteiger partial charge in [-0.15, -0.1) is 16.4 Å². The third kappa shape index (κ3) is 4.74. The number of hydrogen-bond acceptors (Lipinski definition) is 6. The van der Waals surface area contributed by atoms with E-state index in [-0.39, 0.29) is 23.7 Å². The van der Waals surface area contributed by atoms with Crippen molar-refractivity contribution in [1.82, 2.24) is 24.6 Å². The molecule has 2 aromatic heterocycles. The first kappa shape index (κ1) is 20.0. The lowest BCUT2D eigenvalue weighted by atomic mass is 10.0. The zero-order chi connectivity index (χ0) is 19.4. The summed E-state index contributed by atoms with van der Waals surface area (Å²) in [5.74, 6) is -0.254. The van der Waals surface area contributed by atoms with E-state index in [9.17, 15) is 13.2 Å². The maximum atomic E-state index is 12.9. The number of aryl methyl sites for hydroxylation is 1. The van der Waals surface area contributed by atoms with Crippen molar-refractivity contribution in [3.05, 3.63) is 29.4 Å². The summed E-state index contributed by atoms with van der Waals surface area (Å²) in [7, 11) is -3.45. The standard InChI is InChI=1S/C17H25N5O3S2/c1-13(2)18-17(23)15-12-21(20-19-15)10-8-14-6-3-4-9-22(14)27(24,25)16-7-5-11-26-16/h5,7,11-14H,3-4,6,8-10H2,1-2H3,(H,18,23). The highest BCUT2D eigenvalue weighted by Gasteiger charge is 2.33. The van der Waals surface area contributed by atoms with Crippen molar-refractivity contribution in [3.8, 4) is 0 Å². The number of nitrogens with zero attached hydrogens (tertiary/aromatic N) is 4. The fourth-order valence-corrected chi connectivity index (χ4v) is 6.08. The largest absolute Gasteiger partial charge is 0.348 e. The minimum atomic E-state index is -3.45. The second-order valence-corrected chi connectivity index (χ2v) is 10.0. The number of piperidine rings is 1. The van der Waals surface area contributed by atoms with E-state index in [0.29, 0.717) is 23.7 Å². The molecule has 2 aromatic rings. The van der Waals surface area contributed by atoms with Crippen LogP contribution in [0.4, 0.5) is 0 Å². The predicted molar refractivity (Wildman–Crippen MR) is 103 cm³/mol. The topological polar surface area (TPSA) is 97.2 Å². The molecular weight excluding hydrogens is 386 g/mol. The molecule has 0 bridgehead atoms. The van der Waals surface area contributed by atoms with Gasteiger partial charge in [0.05, 0.1) is 6.20 Å². The number of carbonyl (C=O) groups excluding carboxylic acids is 1. The second kappa shape index (κ2) is 8.49. The Morgan fingerprint density at radius 1 is 1.41 bits per heavy atom. The molecule has 1 fully saturated rings. The highest BCUT2D eigenvalue weighted by Crippen LogP contribution is 2.29. The van der Waals surface area contributed by atoms with E-state index in [2.05, 4.69) is 15.6 Å². The van der Waals surface area contributed by atoms with Crippen LogP contribution < -0.4 is 5.32 Å². The quantitative estimate of drug-likeness (QED) is 0.753. The van der Waals surface area contributed by atoms with Crippen LogP contribution in [0.2, 0.25) is 0 Å². The molecule has 0 radical (unpaired) electrons. The molecule has 3 heterocycles. The minimum Gasteiger partial charge on any atom is -0.348 e. The summed E-state index contributed by atoms with van der Waals surface area (Å²) >= 11 is 1.25. The summed E-state index contributed by atoms with van der Waals surface area (Å²) in [6.07, 6.45) is 4.97. The average molecular weight is 412 g/mol. The van der Waals surface area contributed by atoms with E-state index in [1.165, 1.54) is 11.3 Å². The van der Waals surface area contributed by atoms with Crippen molar-refractivity contribution in [2.24, 2.45) is 0 Å². The van der Waals surface area contributed by atoms with Gasteiger partial charge in [-0.05, 0) is 44.6 Å². The van der Waals surface area contributed by atoms with Crippen molar-refractivity contribution in [1.29, 1.82) is 0 Å². The first-order valence-corrected chi connectivity index (χ1v) is 11.5. The van der Waals surface area contributed by atoms with E-state index in [1.807, 2.05) is 13.8 Å². The summed E-state index contributed by atoms with van der Waals surface area (Å²) in [5, 5.41) is 12.5. The van der Waals surface area contributed by atoms with Crippen molar-refractivity contribution >= 4 is 27.3 Å². The summed E-state index contributed by atoms with van der Waals surface area (Å²) in [4.78, 5) is 12.0. The Morgan fingerprint density at radius 3 is 2.93 bits per heavy atom. The van der Waals surface area contributed by atoms with Crippen LogP contribution in [0.15, 0.2) is 27.9 Å². The van der Waals surface area contributed by atoms with E-state index < -0.39 is 10.0 Å². The molecule has 148 valence electrons. The van der Waals surface area contributed by atoms with E-state index in [4.69, 9.17) is 0 Å². The molecular formula is C17H25N5O3S2. The Hall–Kier alpha value is -1.78. The number of sulfonamides is 1. The SMILES string of the molecule is CC(C)NC(=O)c1cn(CCC2CCCCN2S(=O)(=O)c2cccs2)nn1. The molecule has 1 N–H and O–H groups in total. The smallest absolute Gasteiger partial charge is 0.273 e.